The molecule has 1 aliphatic carbocycles. The van der Waals surface area contributed by atoms with Gasteiger partial charge >= 0.3 is 0 Å². The maximum Gasteiger partial charge on any atom is 0.0817 e. The number of thiocarbonyl (C=S) groups is 1. The third-order valence-corrected chi connectivity index (χ3v) is 3.57. The Balaban J connectivity index is 2.12. The fraction of sp³-hybridized carbons (Fsp3) is 0.188. The Kier molecular flexibility index (Phi) is 3.06. The van der Waals surface area contributed by atoms with Crippen molar-refractivity contribution < 1.29 is 0 Å². The summed E-state index contributed by atoms with van der Waals surface area (Å²) in [5.74, 6) is 0. The van der Waals surface area contributed by atoms with Crippen LogP contribution in [0.5, 0.6) is 0 Å². The van der Waals surface area contributed by atoms with Crippen LogP contribution in [0.15, 0.2) is 47.5 Å². The zero-order valence-electron chi connectivity index (χ0n) is 10.0. The van der Waals surface area contributed by atoms with Gasteiger partial charge in [-0.1, -0.05) is 36.4 Å². The lowest BCUT2D eigenvalue weighted by Gasteiger charge is -2.07. The van der Waals surface area contributed by atoms with Crippen LogP contribution in [0.1, 0.15) is 17.5 Å². The summed E-state index contributed by atoms with van der Waals surface area (Å²) < 4.78 is 0. The van der Waals surface area contributed by atoms with Gasteiger partial charge in [0.2, 0.25) is 0 Å². The van der Waals surface area contributed by atoms with Crippen LogP contribution in [0.25, 0.3) is 11.1 Å². The first kappa shape index (κ1) is 11.3. The molecule has 0 aliphatic heterocycles. The van der Waals surface area contributed by atoms with E-state index in [-0.39, 0.29) is 0 Å². The molecular weight excluding hydrogens is 238 g/mol. The smallest absolute Gasteiger partial charge is 0.0817 e. The number of rotatable bonds is 2. The SMILES string of the molecule is S=C=Nc1ccccc1-c1ccc2c(c1)CCC2. The van der Waals surface area contributed by atoms with Gasteiger partial charge in [-0.25, -0.2) is 0 Å². The number of nitrogens with zero attached hydrogens (tertiary/aromatic N) is 1. The molecule has 0 N–H and O–H groups in total. The Morgan fingerprint density at radius 1 is 1.00 bits per heavy atom. The second-order valence-electron chi connectivity index (χ2n) is 4.56. The molecule has 1 nitrogen and oxygen atoms in total. The molecule has 0 unspecified atom stereocenters. The maximum atomic E-state index is 4.71. The minimum Gasteiger partial charge on any atom is -0.194 e. The fourth-order valence-electron chi connectivity index (χ4n) is 2.60. The van der Waals surface area contributed by atoms with E-state index < -0.39 is 0 Å². The van der Waals surface area contributed by atoms with Crippen molar-refractivity contribution in [3.8, 4) is 11.1 Å². The van der Waals surface area contributed by atoms with Crippen LogP contribution in [0.2, 0.25) is 0 Å². The van der Waals surface area contributed by atoms with Crippen molar-refractivity contribution in [3.63, 3.8) is 0 Å². The standard InChI is InChI=1S/C16H13NS/c18-11-17-16-7-2-1-6-15(16)14-9-8-12-4-3-5-13(12)10-14/h1-2,6-10H,3-5H2. The lowest BCUT2D eigenvalue weighted by atomic mass is 9.99. The molecule has 0 bridgehead atoms. The van der Waals surface area contributed by atoms with Crippen molar-refractivity contribution in [2.45, 2.75) is 19.3 Å². The van der Waals surface area contributed by atoms with Gasteiger partial charge in [0.15, 0.2) is 0 Å². The Labute approximate surface area is 112 Å². The predicted octanol–water partition coefficient (Wildman–Crippen LogP) is 4.58. The number of aryl methyl sites for hydroxylation is 2. The quantitative estimate of drug-likeness (QED) is 0.562. The van der Waals surface area contributed by atoms with E-state index in [2.05, 4.69) is 34.4 Å². The van der Waals surface area contributed by atoms with Crippen molar-refractivity contribution in [2.75, 3.05) is 0 Å². The molecule has 0 amide bonds. The molecule has 0 aromatic heterocycles. The Hall–Kier alpha value is -1.76. The van der Waals surface area contributed by atoms with Gasteiger partial charge in [-0.15, -0.1) is 0 Å². The number of aliphatic imine (C=N–C) groups is 1. The molecule has 0 atom stereocenters. The summed E-state index contributed by atoms with van der Waals surface area (Å²) in [4.78, 5) is 4.14. The van der Waals surface area contributed by atoms with Gasteiger partial charge in [0.1, 0.15) is 0 Å². The molecule has 2 aromatic carbocycles. The highest BCUT2D eigenvalue weighted by Gasteiger charge is 2.12. The Morgan fingerprint density at radius 2 is 1.83 bits per heavy atom. The minimum absolute atomic E-state index is 0.894. The third-order valence-electron chi connectivity index (χ3n) is 3.48. The minimum atomic E-state index is 0.894. The van der Waals surface area contributed by atoms with Crippen molar-refractivity contribution in [1.82, 2.24) is 0 Å². The van der Waals surface area contributed by atoms with Gasteiger partial charge in [0.25, 0.3) is 0 Å². The number of benzene rings is 2. The summed E-state index contributed by atoms with van der Waals surface area (Å²) in [6.07, 6.45) is 3.69. The van der Waals surface area contributed by atoms with E-state index in [1.807, 2.05) is 18.2 Å². The van der Waals surface area contributed by atoms with E-state index in [4.69, 9.17) is 12.2 Å². The highest BCUT2D eigenvalue weighted by molar-refractivity contribution is 7.78. The number of isothiocyanates is 1. The third kappa shape index (κ3) is 2.01. The fourth-order valence-corrected chi connectivity index (χ4v) is 2.70. The molecule has 0 spiro atoms. The van der Waals surface area contributed by atoms with Gasteiger partial charge in [-0.3, -0.25) is 0 Å². The second kappa shape index (κ2) is 4.85. The zero-order valence-corrected chi connectivity index (χ0v) is 10.8. The summed E-state index contributed by atoms with van der Waals surface area (Å²) in [5, 5.41) is 2.45. The van der Waals surface area contributed by atoms with E-state index in [0.717, 1.165) is 11.3 Å². The van der Waals surface area contributed by atoms with E-state index >= 15 is 0 Å². The van der Waals surface area contributed by atoms with E-state index in [1.54, 1.807) is 0 Å². The van der Waals surface area contributed by atoms with Crippen LogP contribution in [0.4, 0.5) is 5.69 Å². The van der Waals surface area contributed by atoms with Gasteiger partial charge in [0, 0.05) is 5.56 Å². The lowest BCUT2D eigenvalue weighted by Crippen LogP contribution is -1.85. The molecule has 0 radical (unpaired) electrons. The molecular formula is C16H13NS. The number of hydrogen-bond donors (Lipinski definition) is 0. The molecule has 2 heteroatoms. The van der Waals surface area contributed by atoms with Crippen LogP contribution in [-0.4, -0.2) is 5.16 Å². The summed E-state index contributed by atoms with van der Waals surface area (Å²) >= 11 is 4.71. The molecule has 0 saturated heterocycles. The second-order valence-corrected chi connectivity index (χ2v) is 4.74. The van der Waals surface area contributed by atoms with Crippen LogP contribution in [0.3, 0.4) is 0 Å². The average molecular weight is 251 g/mol. The van der Waals surface area contributed by atoms with Crippen LogP contribution in [0, 0.1) is 0 Å². The van der Waals surface area contributed by atoms with Crippen LogP contribution in [-0.2, 0) is 12.8 Å². The molecule has 88 valence electrons. The van der Waals surface area contributed by atoms with Crippen molar-refractivity contribution in [2.24, 2.45) is 4.99 Å². The maximum absolute atomic E-state index is 4.71. The van der Waals surface area contributed by atoms with Crippen LogP contribution >= 0.6 is 12.2 Å². The van der Waals surface area contributed by atoms with E-state index in [0.29, 0.717) is 0 Å². The van der Waals surface area contributed by atoms with Crippen molar-refractivity contribution in [3.05, 3.63) is 53.6 Å². The number of hydrogen-bond acceptors (Lipinski definition) is 2. The van der Waals surface area contributed by atoms with Gasteiger partial charge in [-0.05, 0) is 54.2 Å². The molecule has 2 aromatic rings. The van der Waals surface area contributed by atoms with E-state index in [1.165, 1.54) is 36.0 Å². The first-order valence-electron chi connectivity index (χ1n) is 6.17. The number of fused-ring (bicyclic) bond motifs is 1. The molecule has 1 aliphatic rings. The van der Waals surface area contributed by atoms with Gasteiger partial charge in [-0.2, -0.15) is 4.99 Å². The highest BCUT2D eigenvalue weighted by Crippen LogP contribution is 2.33. The van der Waals surface area contributed by atoms with Crippen LogP contribution < -0.4 is 0 Å². The normalized spacial score (nSPS) is 12.9. The summed E-state index contributed by atoms with van der Waals surface area (Å²) in [7, 11) is 0. The van der Waals surface area contributed by atoms with Gasteiger partial charge < -0.3 is 0 Å². The first-order chi connectivity index (χ1) is 8.88. The summed E-state index contributed by atoms with van der Waals surface area (Å²) in [5.41, 5.74) is 6.22. The topological polar surface area (TPSA) is 12.4 Å². The summed E-state index contributed by atoms with van der Waals surface area (Å²) in [6.45, 7) is 0. The highest BCUT2D eigenvalue weighted by atomic mass is 32.1. The molecule has 0 heterocycles. The van der Waals surface area contributed by atoms with Gasteiger partial charge in [0.05, 0.1) is 10.8 Å². The average Bonchev–Trinajstić information content (AvgIpc) is 2.87. The summed E-state index contributed by atoms with van der Waals surface area (Å²) in [6, 6.07) is 14.8. The molecule has 18 heavy (non-hydrogen) atoms. The first-order valence-corrected chi connectivity index (χ1v) is 6.58. The number of para-hydroxylation sites is 1. The zero-order chi connectivity index (χ0) is 12.4. The monoisotopic (exact) mass is 251 g/mol. The molecule has 3 rings (SSSR count). The van der Waals surface area contributed by atoms with Crippen molar-refractivity contribution in [1.29, 1.82) is 0 Å². The molecule has 0 saturated carbocycles. The van der Waals surface area contributed by atoms with Crippen molar-refractivity contribution >= 4 is 23.1 Å². The predicted molar refractivity (Wildman–Crippen MR) is 78.6 cm³/mol. The Bertz CT molecular complexity index is 639. The molecule has 0 fully saturated rings. The van der Waals surface area contributed by atoms with E-state index in [9.17, 15) is 0 Å². The Morgan fingerprint density at radius 3 is 2.72 bits per heavy atom. The lowest BCUT2D eigenvalue weighted by molar-refractivity contribution is 0.912. The largest absolute Gasteiger partial charge is 0.194 e.